The monoisotopic (exact) mass is 1090 g/mol. The van der Waals surface area contributed by atoms with Gasteiger partial charge in [-0.2, -0.15) is 0 Å². The Morgan fingerprint density at radius 1 is 0.351 bits per heavy atom. The highest BCUT2D eigenvalue weighted by atomic mass is 16.5. The molecule has 6 nitrogen and oxygen atoms in total. The summed E-state index contributed by atoms with van der Waals surface area (Å²) >= 11 is 0. The van der Waals surface area contributed by atoms with Gasteiger partial charge in [0.15, 0.2) is 0 Å². The standard InChI is InChI=1S/C71H139NO5/c1-3-5-7-9-11-13-15-17-19-21-23-24-25-26-27-28-29-31-35-39-43-47-51-55-59-63-69(74)68(67-73)72-70(75)64-60-56-52-48-44-40-36-32-30-34-38-42-46-50-54-58-62-66-77-71(76)65-61-57-53-49-45-41-37-33-22-20-18-16-14-12-10-8-6-4-2/h30,34,68-69,73-74H,3-29,31-33,35-67H2,1-2H3,(H,72,75)/b34-30-. The zero-order valence-corrected chi connectivity index (χ0v) is 52.5. The Morgan fingerprint density at radius 2 is 0.610 bits per heavy atom. The molecule has 0 saturated heterocycles. The minimum absolute atomic E-state index is 0.00415. The third-order valence-corrected chi connectivity index (χ3v) is 16.8. The number of ether oxygens (including phenoxy) is 1. The van der Waals surface area contributed by atoms with E-state index in [1.54, 1.807) is 0 Å². The number of allylic oxidation sites excluding steroid dienone is 2. The van der Waals surface area contributed by atoms with Crippen molar-refractivity contribution in [1.82, 2.24) is 5.32 Å². The number of hydrogen-bond donors (Lipinski definition) is 3. The maximum atomic E-state index is 12.6. The molecule has 0 bridgehead atoms. The second-order valence-electron chi connectivity index (χ2n) is 24.6. The van der Waals surface area contributed by atoms with Gasteiger partial charge in [-0.15, -0.1) is 0 Å². The zero-order chi connectivity index (χ0) is 55.7. The predicted molar refractivity (Wildman–Crippen MR) is 338 cm³/mol. The Bertz CT molecular complexity index is 1160. The van der Waals surface area contributed by atoms with Crippen molar-refractivity contribution in [2.75, 3.05) is 13.2 Å². The molecule has 0 aliphatic carbocycles. The van der Waals surface area contributed by atoms with Crippen LogP contribution in [0.2, 0.25) is 0 Å². The highest BCUT2D eigenvalue weighted by Crippen LogP contribution is 2.19. The number of nitrogens with one attached hydrogen (secondary N) is 1. The van der Waals surface area contributed by atoms with Crippen molar-refractivity contribution in [1.29, 1.82) is 0 Å². The molecule has 6 heteroatoms. The smallest absolute Gasteiger partial charge is 0.305 e. The topological polar surface area (TPSA) is 95.9 Å². The van der Waals surface area contributed by atoms with Crippen LogP contribution < -0.4 is 5.32 Å². The highest BCUT2D eigenvalue weighted by Gasteiger charge is 2.20. The lowest BCUT2D eigenvalue weighted by molar-refractivity contribution is -0.143. The number of esters is 1. The molecule has 3 N–H and O–H groups in total. The number of amides is 1. The van der Waals surface area contributed by atoms with E-state index in [-0.39, 0.29) is 18.5 Å². The number of carbonyl (C=O) groups is 2. The third-order valence-electron chi connectivity index (χ3n) is 16.8. The van der Waals surface area contributed by atoms with Crippen molar-refractivity contribution in [2.24, 2.45) is 0 Å². The van der Waals surface area contributed by atoms with Crippen LogP contribution in [0.15, 0.2) is 12.2 Å². The van der Waals surface area contributed by atoms with Crippen LogP contribution in [0.1, 0.15) is 406 Å². The summed E-state index contributed by atoms with van der Waals surface area (Å²) in [5.41, 5.74) is 0. The lowest BCUT2D eigenvalue weighted by Gasteiger charge is -2.22. The molecule has 0 saturated carbocycles. The number of aliphatic hydroxyl groups is 2. The molecule has 77 heavy (non-hydrogen) atoms. The molecule has 0 rings (SSSR count). The predicted octanol–water partition coefficient (Wildman–Crippen LogP) is 22.8. The molecular formula is C71H139NO5. The average molecular weight is 1090 g/mol. The molecule has 0 radical (unpaired) electrons. The van der Waals surface area contributed by atoms with Gasteiger partial charge in [-0.25, -0.2) is 0 Å². The molecule has 1 amide bonds. The van der Waals surface area contributed by atoms with Gasteiger partial charge in [0.25, 0.3) is 0 Å². The van der Waals surface area contributed by atoms with E-state index >= 15 is 0 Å². The fraction of sp³-hybridized carbons (Fsp3) is 0.944. The number of aliphatic hydroxyl groups excluding tert-OH is 2. The Labute approximate surface area is 482 Å². The second-order valence-corrected chi connectivity index (χ2v) is 24.6. The van der Waals surface area contributed by atoms with Gasteiger partial charge in [0.2, 0.25) is 5.91 Å². The summed E-state index contributed by atoms with van der Waals surface area (Å²) in [5, 5.41) is 23.4. The van der Waals surface area contributed by atoms with Gasteiger partial charge in [-0.05, 0) is 51.4 Å². The fourth-order valence-electron chi connectivity index (χ4n) is 11.4. The fourth-order valence-corrected chi connectivity index (χ4v) is 11.4. The summed E-state index contributed by atoms with van der Waals surface area (Å²) in [6.07, 6.45) is 82.5. The van der Waals surface area contributed by atoms with Crippen LogP contribution in [0.3, 0.4) is 0 Å². The van der Waals surface area contributed by atoms with Crippen LogP contribution in [0, 0.1) is 0 Å². The molecule has 0 spiro atoms. The maximum absolute atomic E-state index is 12.6. The second kappa shape index (κ2) is 67.1. The molecule has 0 aromatic carbocycles. The van der Waals surface area contributed by atoms with E-state index in [2.05, 4.69) is 31.3 Å². The first kappa shape index (κ1) is 75.6. The summed E-state index contributed by atoms with van der Waals surface area (Å²) in [6.45, 7) is 4.98. The molecule has 0 aliphatic rings. The quantitative estimate of drug-likeness (QED) is 0.0320. The van der Waals surface area contributed by atoms with Crippen molar-refractivity contribution in [2.45, 2.75) is 418 Å². The van der Waals surface area contributed by atoms with Crippen molar-refractivity contribution >= 4 is 11.9 Å². The van der Waals surface area contributed by atoms with Crippen molar-refractivity contribution in [3.05, 3.63) is 12.2 Å². The van der Waals surface area contributed by atoms with E-state index in [1.165, 1.54) is 321 Å². The van der Waals surface area contributed by atoms with E-state index < -0.39 is 12.1 Å². The molecular weight excluding hydrogens is 947 g/mol. The van der Waals surface area contributed by atoms with Gasteiger partial charge >= 0.3 is 5.97 Å². The molecule has 458 valence electrons. The first-order chi connectivity index (χ1) is 38.0. The minimum Gasteiger partial charge on any atom is -0.466 e. The van der Waals surface area contributed by atoms with Crippen LogP contribution in [0.25, 0.3) is 0 Å². The number of rotatable bonds is 67. The Morgan fingerprint density at radius 3 is 0.922 bits per heavy atom. The van der Waals surface area contributed by atoms with Crippen LogP contribution >= 0.6 is 0 Å². The van der Waals surface area contributed by atoms with Crippen LogP contribution in [0.5, 0.6) is 0 Å². The Hall–Kier alpha value is -1.40. The molecule has 0 fully saturated rings. The van der Waals surface area contributed by atoms with Crippen LogP contribution in [-0.4, -0.2) is 47.4 Å². The largest absolute Gasteiger partial charge is 0.466 e. The Kier molecular flexibility index (Phi) is 65.9. The molecule has 0 aliphatic heterocycles. The zero-order valence-electron chi connectivity index (χ0n) is 52.5. The molecule has 2 unspecified atom stereocenters. The normalized spacial score (nSPS) is 12.5. The molecule has 0 heterocycles. The van der Waals surface area contributed by atoms with Gasteiger partial charge in [0.1, 0.15) is 0 Å². The first-order valence-corrected chi connectivity index (χ1v) is 35.4. The number of carbonyl (C=O) groups excluding carboxylic acids is 2. The van der Waals surface area contributed by atoms with E-state index in [4.69, 9.17) is 4.74 Å². The summed E-state index contributed by atoms with van der Waals surface area (Å²) in [6, 6.07) is -0.551. The summed E-state index contributed by atoms with van der Waals surface area (Å²) < 4.78 is 5.50. The van der Waals surface area contributed by atoms with Crippen molar-refractivity contribution in [3.63, 3.8) is 0 Å². The lowest BCUT2D eigenvalue weighted by atomic mass is 10.0. The van der Waals surface area contributed by atoms with Crippen LogP contribution in [-0.2, 0) is 14.3 Å². The number of unbranched alkanes of at least 4 members (excludes halogenated alkanes) is 54. The minimum atomic E-state index is -0.673. The van der Waals surface area contributed by atoms with E-state index in [0.29, 0.717) is 25.9 Å². The van der Waals surface area contributed by atoms with E-state index in [1.807, 2.05) is 0 Å². The molecule has 2 atom stereocenters. The maximum Gasteiger partial charge on any atom is 0.305 e. The van der Waals surface area contributed by atoms with Gasteiger partial charge in [0, 0.05) is 12.8 Å². The number of hydrogen-bond acceptors (Lipinski definition) is 5. The van der Waals surface area contributed by atoms with Gasteiger partial charge in [-0.3, -0.25) is 9.59 Å². The molecule has 0 aromatic heterocycles. The average Bonchev–Trinajstić information content (AvgIpc) is 3.43. The van der Waals surface area contributed by atoms with Crippen molar-refractivity contribution in [3.8, 4) is 0 Å². The Balaban J connectivity index is 3.42. The lowest BCUT2D eigenvalue weighted by Crippen LogP contribution is -2.45. The van der Waals surface area contributed by atoms with Gasteiger partial charge < -0.3 is 20.3 Å². The highest BCUT2D eigenvalue weighted by molar-refractivity contribution is 5.76. The van der Waals surface area contributed by atoms with Gasteiger partial charge in [-0.1, -0.05) is 353 Å². The van der Waals surface area contributed by atoms with Gasteiger partial charge in [0.05, 0.1) is 25.4 Å². The third kappa shape index (κ3) is 63.6. The van der Waals surface area contributed by atoms with E-state index in [0.717, 1.165) is 51.4 Å². The summed E-state index contributed by atoms with van der Waals surface area (Å²) in [5.74, 6) is -0.0374. The van der Waals surface area contributed by atoms with Crippen LogP contribution in [0.4, 0.5) is 0 Å². The van der Waals surface area contributed by atoms with E-state index in [9.17, 15) is 19.8 Å². The molecule has 0 aromatic rings. The summed E-state index contributed by atoms with van der Waals surface area (Å²) in [4.78, 5) is 24.7. The first-order valence-electron chi connectivity index (χ1n) is 35.4. The summed E-state index contributed by atoms with van der Waals surface area (Å²) in [7, 11) is 0. The SMILES string of the molecule is CCCCCCCCCCCCCCCCCCCCCCCCCCCC(O)C(CO)NC(=O)CCCCCCCCC/C=C\CCCCCCCCOC(=O)CCCCCCCCCCCCCCCCCCCC. The van der Waals surface area contributed by atoms with Crippen molar-refractivity contribution < 1.29 is 24.5 Å².